The third kappa shape index (κ3) is 2.41. The average molecular weight is 254 g/mol. The SMILES string of the molecule is Cn1cc(-c2cccc(C(F)(F)F)c2)cc1CN. The van der Waals surface area contributed by atoms with Crippen LogP contribution in [0.4, 0.5) is 13.2 Å². The number of nitrogens with two attached hydrogens (primary N) is 1. The van der Waals surface area contributed by atoms with Crippen molar-refractivity contribution in [1.29, 1.82) is 0 Å². The van der Waals surface area contributed by atoms with E-state index >= 15 is 0 Å². The van der Waals surface area contributed by atoms with E-state index in [4.69, 9.17) is 5.73 Å². The first-order valence-electron chi connectivity index (χ1n) is 5.45. The highest BCUT2D eigenvalue weighted by Gasteiger charge is 2.30. The molecule has 1 heterocycles. The van der Waals surface area contributed by atoms with Gasteiger partial charge >= 0.3 is 6.18 Å². The van der Waals surface area contributed by atoms with Crippen molar-refractivity contribution in [3.63, 3.8) is 0 Å². The van der Waals surface area contributed by atoms with Gasteiger partial charge in [0.25, 0.3) is 0 Å². The van der Waals surface area contributed by atoms with Gasteiger partial charge in [0.1, 0.15) is 0 Å². The van der Waals surface area contributed by atoms with Crippen molar-refractivity contribution in [2.45, 2.75) is 12.7 Å². The summed E-state index contributed by atoms with van der Waals surface area (Å²) in [5.74, 6) is 0. The van der Waals surface area contributed by atoms with Gasteiger partial charge in [-0.1, -0.05) is 12.1 Å². The number of benzene rings is 1. The Bertz CT molecular complexity index is 556. The molecule has 0 aliphatic heterocycles. The predicted molar refractivity (Wildman–Crippen MR) is 63.7 cm³/mol. The van der Waals surface area contributed by atoms with Gasteiger partial charge in [-0.2, -0.15) is 13.2 Å². The fraction of sp³-hybridized carbons (Fsp3) is 0.231. The average Bonchev–Trinajstić information content (AvgIpc) is 2.70. The number of aryl methyl sites for hydroxylation is 1. The van der Waals surface area contributed by atoms with Crippen LogP contribution in [0.2, 0.25) is 0 Å². The molecular weight excluding hydrogens is 241 g/mol. The number of rotatable bonds is 2. The maximum atomic E-state index is 12.6. The summed E-state index contributed by atoms with van der Waals surface area (Å²) < 4.78 is 39.6. The van der Waals surface area contributed by atoms with E-state index in [1.54, 1.807) is 18.3 Å². The molecule has 0 amide bonds. The third-order valence-corrected chi connectivity index (χ3v) is 2.84. The number of nitrogens with zero attached hydrogens (tertiary/aromatic N) is 1. The summed E-state index contributed by atoms with van der Waals surface area (Å²) in [6.45, 7) is 0.357. The number of halogens is 3. The summed E-state index contributed by atoms with van der Waals surface area (Å²) in [5, 5.41) is 0. The number of hydrogen-bond acceptors (Lipinski definition) is 1. The fourth-order valence-electron chi connectivity index (χ4n) is 1.85. The van der Waals surface area contributed by atoms with Crippen LogP contribution in [0.15, 0.2) is 36.5 Å². The van der Waals surface area contributed by atoms with E-state index in [-0.39, 0.29) is 0 Å². The summed E-state index contributed by atoms with van der Waals surface area (Å²) >= 11 is 0. The molecule has 0 aliphatic carbocycles. The Balaban J connectivity index is 2.44. The number of alkyl halides is 3. The van der Waals surface area contributed by atoms with E-state index in [0.717, 1.165) is 23.4 Å². The molecule has 0 radical (unpaired) electrons. The van der Waals surface area contributed by atoms with E-state index < -0.39 is 11.7 Å². The van der Waals surface area contributed by atoms with Gasteiger partial charge in [0.05, 0.1) is 5.56 Å². The van der Waals surface area contributed by atoms with Crippen molar-refractivity contribution in [2.24, 2.45) is 12.8 Å². The van der Waals surface area contributed by atoms with Crippen LogP contribution in [-0.2, 0) is 19.8 Å². The largest absolute Gasteiger partial charge is 0.416 e. The first-order chi connectivity index (χ1) is 8.41. The molecule has 0 saturated carbocycles. The second-order valence-electron chi connectivity index (χ2n) is 4.11. The molecule has 0 bridgehead atoms. The van der Waals surface area contributed by atoms with Crippen LogP contribution in [0, 0.1) is 0 Å². The quantitative estimate of drug-likeness (QED) is 0.876. The Morgan fingerprint density at radius 1 is 1.17 bits per heavy atom. The Kier molecular flexibility index (Phi) is 3.17. The zero-order chi connectivity index (χ0) is 13.3. The van der Waals surface area contributed by atoms with Gasteiger partial charge in [0.2, 0.25) is 0 Å². The molecule has 0 spiro atoms. The first-order valence-corrected chi connectivity index (χ1v) is 5.45. The maximum Gasteiger partial charge on any atom is 0.416 e. The Labute approximate surface area is 103 Å². The first kappa shape index (κ1) is 12.7. The molecule has 0 atom stereocenters. The summed E-state index contributed by atoms with van der Waals surface area (Å²) in [6, 6.07) is 7.08. The fourth-order valence-corrected chi connectivity index (χ4v) is 1.85. The predicted octanol–water partition coefficient (Wildman–Crippen LogP) is 3.17. The van der Waals surface area contributed by atoms with Crippen LogP contribution in [0.25, 0.3) is 11.1 Å². The summed E-state index contributed by atoms with van der Waals surface area (Å²) in [6.07, 6.45) is -2.54. The van der Waals surface area contributed by atoms with Crippen LogP contribution < -0.4 is 5.73 Å². The number of aromatic nitrogens is 1. The van der Waals surface area contributed by atoms with Crippen LogP contribution >= 0.6 is 0 Å². The van der Waals surface area contributed by atoms with Crippen molar-refractivity contribution < 1.29 is 13.2 Å². The lowest BCUT2D eigenvalue weighted by Crippen LogP contribution is -2.04. The van der Waals surface area contributed by atoms with Gasteiger partial charge in [0.15, 0.2) is 0 Å². The molecule has 2 nitrogen and oxygen atoms in total. The van der Waals surface area contributed by atoms with Crippen molar-refractivity contribution in [3.05, 3.63) is 47.8 Å². The zero-order valence-corrected chi connectivity index (χ0v) is 9.83. The molecule has 1 aromatic carbocycles. The van der Waals surface area contributed by atoms with E-state index in [1.165, 1.54) is 6.07 Å². The monoisotopic (exact) mass is 254 g/mol. The van der Waals surface area contributed by atoms with E-state index in [9.17, 15) is 13.2 Å². The lowest BCUT2D eigenvalue weighted by atomic mass is 10.1. The van der Waals surface area contributed by atoms with Gasteiger partial charge in [-0.05, 0) is 29.3 Å². The minimum absolute atomic E-state index is 0.357. The summed E-state index contributed by atoms with van der Waals surface area (Å²) in [5.41, 5.74) is 7.06. The maximum absolute atomic E-state index is 12.6. The van der Waals surface area contributed by atoms with Gasteiger partial charge in [-0.15, -0.1) is 0 Å². The standard InChI is InChI=1S/C13H13F3N2/c1-18-8-10(6-12(18)7-17)9-3-2-4-11(5-9)13(14,15)16/h2-6,8H,7,17H2,1H3. The van der Waals surface area contributed by atoms with Gasteiger partial charge in [-0.25, -0.2) is 0 Å². The van der Waals surface area contributed by atoms with Gasteiger partial charge in [0, 0.05) is 25.5 Å². The summed E-state index contributed by atoms with van der Waals surface area (Å²) in [4.78, 5) is 0. The molecule has 1 aromatic heterocycles. The van der Waals surface area contributed by atoms with Crippen LogP contribution in [0.3, 0.4) is 0 Å². The summed E-state index contributed by atoms with van der Waals surface area (Å²) in [7, 11) is 1.82. The lowest BCUT2D eigenvalue weighted by Gasteiger charge is -2.07. The molecule has 0 saturated heterocycles. The van der Waals surface area contributed by atoms with E-state index in [0.29, 0.717) is 12.1 Å². The topological polar surface area (TPSA) is 30.9 Å². The molecule has 5 heteroatoms. The third-order valence-electron chi connectivity index (χ3n) is 2.84. The highest BCUT2D eigenvalue weighted by molar-refractivity contribution is 5.64. The van der Waals surface area contributed by atoms with Gasteiger partial charge in [-0.3, -0.25) is 0 Å². The Morgan fingerprint density at radius 2 is 1.89 bits per heavy atom. The minimum atomic E-state index is -4.32. The van der Waals surface area contributed by atoms with Crippen molar-refractivity contribution in [2.75, 3.05) is 0 Å². The zero-order valence-electron chi connectivity index (χ0n) is 9.83. The smallest absolute Gasteiger partial charge is 0.353 e. The second-order valence-corrected chi connectivity index (χ2v) is 4.11. The Hall–Kier alpha value is -1.75. The minimum Gasteiger partial charge on any atom is -0.353 e. The molecule has 2 aromatic rings. The number of hydrogen-bond donors (Lipinski definition) is 1. The normalized spacial score (nSPS) is 11.8. The van der Waals surface area contributed by atoms with Crippen LogP contribution in [0.5, 0.6) is 0 Å². The van der Waals surface area contributed by atoms with E-state index in [2.05, 4.69) is 0 Å². The highest BCUT2D eigenvalue weighted by Crippen LogP contribution is 2.32. The van der Waals surface area contributed by atoms with Crippen LogP contribution in [-0.4, -0.2) is 4.57 Å². The Morgan fingerprint density at radius 3 is 2.44 bits per heavy atom. The van der Waals surface area contributed by atoms with Crippen molar-refractivity contribution >= 4 is 0 Å². The molecule has 0 unspecified atom stereocenters. The van der Waals surface area contributed by atoms with Crippen molar-refractivity contribution in [3.8, 4) is 11.1 Å². The van der Waals surface area contributed by atoms with Crippen molar-refractivity contribution in [1.82, 2.24) is 4.57 Å². The van der Waals surface area contributed by atoms with E-state index in [1.807, 2.05) is 11.6 Å². The second kappa shape index (κ2) is 4.49. The van der Waals surface area contributed by atoms with Gasteiger partial charge < -0.3 is 10.3 Å². The van der Waals surface area contributed by atoms with Crippen LogP contribution in [0.1, 0.15) is 11.3 Å². The molecular formula is C13H13F3N2. The molecule has 0 fully saturated rings. The molecule has 96 valence electrons. The molecule has 2 N–H and O–H groups in total. The lowest BCUT2D eigenvalue weighted by molar-refractivity contribution is -0.137. The molecule has 0 aliphatic rings. The molecule has 18 heavy (non-hydrogen) atoms. The highest BCUT2D eigenvalue weighted by atomic mass is 19.4. The molecule has 2 rings (SSSR count).